The Morgan fingerprint density at radius 1 is 0.950 bits per heavy atom. The number of carbonyl (C=O) groups is 1. The maximum Gasteiger partial charge on any atom is 0.298 e. The van der Waals surface area contributed by atoms with Crippen molar-refractivity contribution in [1.82, 2.24) is 5.01 Å². The molecule has 0 saturated carbocycles. The normalized spacial score (nSPS) is 17.1. The third-order valence-corrected chi connectivity index (χ3v) is 3.60. The topological polar surface area (TPSA) is 55.6 Å². The molecule has 1 aliphatic heterocycles. The zero-order chi connectivity index (χ0) is 14.2. The third kappa shape index (κ3) is 1.71. The smallest absolute Gasteiger partial charge is 0.298 e. The van der Waals surface area contributed by atoms with Crippen molar-refractivity contribution >= 4 is 23.3 Å². The van der Waals surface area contributed by atoms with E-state index in [1.807, 2.05) is 60.7 Å². The van der Waals surface area contributed by atoms with E-state index in [1.54, 1.807) is 0 Å². The molecule has 1 fully saturated rings. The molecule has 20 heavy (non-hydrogen) atoms. The molecule has 2 aromatic carbocycles. The van der Waals surface area contributed by atoms with Gasteiger partial charge in [-0.2, -0.15) is 0 Å². The summed E-state index contributed by atoms with van der Waals surface area (Å²) in [5, 5.41) is 0.859. The molecule has 1 heterocycles. The van der Waals surface area contributed by atoms with E-state index in [-0.39, 0.29) is 11.1 Å². The molecule has 0 radical (unpaired) electrons. The summed E-state index contributed by atoms with van der Waals surface area (Å²) in [6, 6.07) is 18.4. The Morgan fingerprint density at radius 2 is 1.40 bits per heavy atom. The number of nitrogens with two attached hydrogens (primary N) is 1. The molecule has 4 nitrogen and oxygen atoms in total. The molecule has 0 atom stereocenters. The van der Waals surface area contributed by atoms with Gasteiger partial charge in [-0.05, 0) is 12.2 Å². The maximum absolute atomic E-state index is 12.6. The lowest BCUT2D eigenvalue weighted by Gasteiger charge is -2.26. The quantitative estimate of drug-likeness (QED) is 0.520. The van der Waals surface area contributed by atoms with Gasteiger partial charge in [0.2, 0.25) is 5.60 Å². The molecule has 3 rings (SSSR count). The standard InChI is InChI=1S/C15H12N2O2S/c16-17-13(18)15(19-14(17)20,11-7-3-1-4-8-11)12-9-5-2-6-10-12/h1-10H,16H2. The van der Waals surface area contributed by atoms with Crippen LogP contribution in [0, 0.1) is 0 Å². The van der Waals surface area contributed by atoms with Gasteiger partial charge in [-0.3, -0.25) is 4.79 Å². The van der Waals surface area contributed by atoms with Crippen molar-refractivity contribution in [3.63, 3.8) is 0 Å². The lowest BCUT2D eigenvalue weighted by Crippen LogP contribution is -2.42. The average molecular weight is 284 g/mol. The molecular weight excluding hydrogens is 272 g/mol. The van der Waals surface area contributed by atoms with Crippen LogP contribution in [0.3, 0.4) is 0 Å². The fourth-order valence-electron chi connectivity index (χ4n) is 2.35. The molecule has 5 heteroatoms. The summed E-state index contributed by atoms with van der Waals surface area (Å²) in [6.45, 7) is 0. The largest absolute Gasteiger partial charge is 0.443 e. The van der Waals surface area contributed by atoms with E-state index in [0.29, 0.717) is 11.1 Å². The van der Waals surface area contributed by atoms with Gasteiger partial charge in [0.25, 0.3) is 11.1 Å². The predicted octanol–water partition coefficient (Wildman–Crippen LogP) is 1.95. The zero-order valence-electron chi connectivity index (χ0n) is 10.5. The molecule has 0 unspecified atom stereocenters. The van der Waals surface area contributed by atoms with E-state index in [0.717, 1.165) is 5.01 Å². The molecule has 2 N–H and O–H groups in total. The second kappa shape index (κ2) is 4.70. The van der Waals surface area contributed by atoms with Gasteiger partial charge in [0.15, 0.2) is 0 Å². The predicted molar refractivity (Wildman–Crippen MR) is 78.4 cm³/mol. The highest BCUT2D eigenvalue weighted by Crippen LogP contribution is 2.39. The first-order valence-corrected chi connectivity index (χ1v) is 6.50. The molecule has 1 aliphatic rings. The summed E-state index contributed by atoms with van der Waals surface area (Å²) < 4.78 is 5.73. The third-order valence-electron chi connectivity index (χ3n) is 3.32. The number of ether oxygens (including phenoxy) is 1. The number of nitrogens with zero attached hydrogens (tertiary/aromatic N) is 1. The molecule has 0 spiro atoms. The number of hydrogen-bond donors (Lipinski definition) is 1. The molecule has 100 valence electrons. The highest BCUT2D eigenvalue weighted by atomic mass is 32.1. The van der Waals surface area contributed by atoms with E-state index in [4.69, 9.17) is 22.8 Å². The van der Waals surface area contributed by atoms with Crippen LogP contribution >= 0.6 is 12.2 Å². The fourth-order valence-corrected chi connectivity index (χ4v) is 2.56. The van der Waals surface area contributed by atoms with Crippen LogP contribution in [0.25, 0.3) is 0 Å². The summed E-state index contributed by atoms with van der Waals surface area (Å²) in [7, 11) is 0. The number of carbonyl (C=O) groups excluding carboxylic acids is 1. The Bertz CT molecular complexity index is 619. The summed E-state index contributed by atoms with van der Waals surface area (Å²) in [4.78, 5) is 12.6. The van der Waals surface area contributed by atoms with E-state index in [1.165, 1.54) is 0 Å². The number of hydrazine groups is 1. The van der Waals surface area contributed by atoms with Gasteiger partial charge in [-0.15, -0.1) is 0 Å². The molecule has 0 aromatic heterocycles. The van der Waals surface area contributed by atoms with Crippen LogP contribution < -0.4 is 5.84 Å². The highest BCUT2D eigenvalue weighted by molar-refractivity contribution is 7.80. The van der Waals surface area contributed by atoms with Gasteiger partial charge < -0.3 is 4.74 Å². The van der Waals surface area contributed by atoms with E-state index < -0.39 is 5.60 Å². The van der Waals surface area contributed by atoms with Gasteiger partial charge >= 0.3 is 0 Å². The van der Waals surface area contributed by atoms with E-state index in [2.05, 4.69) is 0 Å². The van der Waals surface area contributed by atoms with Crippen molar-refractivity contribution in [3.8, 4) is 0 Å². The first-order valence-electron chi connectivity index (χ1n) is 6.09. The summed E-state index contributed by atoms with van der Waals surface area (Å²) in [5.74, 6) is 5.30. The molecule has 0 aliphatic carbocycles. The number of thiocarbonyl (C=S) groups is 1. The van der Waals surface area contributed by atoms with Gasteiger partial charge in [0.1, 0.15) is 0 Å². The average Bonchev–Trinajstić information content (AvgIpc) is 2.74. The SMILES string of the molecule is NN1C(=O)C(c2ccccc2)(c2ccccc2)OC1=S. The molecule has 1 saturated heterocycles. The number of benzene rings is 2. The van der Waals surface area contributed by atoms with Crippen LogP contribution in [-0.4, -0.2) is 16.1 Å². The fraction of sp³-hybridized carbons (Fsp3) is 0.0667. The Labute approximate surface area is 121 Å². The van der Waals surface area contributed by atoms with Crippen molar-refractivity contribution < 1.29 is 9.53 Å². The summed E-state index contributed by atoms with van der Waals surface area (Å²) in [6.07, 6.45) is 0. The maximum atomic E-state index is 12.6. The van der Waals surface area contributed by atoms with Crippen LogP contribution in [-0.2, 0) is 15.1 Å². The molecular formula is C15H12N2O2S. The first-order chi connectivity index (χ1) is 9.66. The minimum absolute atomic E-state index is 0.0253. The highest BCUT2D eigenvalue weighted by Gasteiger charge is 2.54. The van der Waals surface area contributed by atoms with E-state index >= 15 is 0 Å². The second-order valence-corrected chi connectivity index (χ2v) is 4.81. The summed E-state index contributed by atoms with van der Waals surface area (Å²) >= 11 is 5.03. The minimum Gasteiger partial charge on any atom is -0.443 e. The van der Waals surface area contributed by atoms with Crippen LogP contribution in [0.1, 0.15) is 11.1 Å². The Kier molecular flexibility index (Phi) is 3.00. The van der Waals surface area contributed by atoms with Crippen molar-refractivity contribution in [2.24, 2.45) is 5.84 Å². The van der Waals surface area contributed by atoms with Gasteiger partial charge in [-0.1, -0.05) is 60.7 Å². The number of rotatable bonds is 2. The Morgan fingerprint density at radius 3 is 1.75 bits per heavy atom. The van der Waals surface area contributed by atoms with Crippen molar-refractivity contribution in [3.05, 3.63) is 71.8 Å². The van der Waals surface area contributed by atoms with E-state index in [9.17, 15) is 4.79 Å². The van der Waals surface area contributed by atoms with Crippen LogP contribution in [0.15, 0.2) is 60.7 Å². The van der Waals surface area contributed by atoms with Gasteiger partial charge in [-0.25, -0.2) is 10.9 Å². The first kappa shape index (κ1) is 12.8. The van der Waals surface area contributed by atoms with Gasteiger partial charge in [0.05, 0.1) is 0 Å². The second-order valence-electron chi connectivity index (χ2n) is 4.46. The number of amides is 1. The van der Waals surface area contributed by atoms with Crippen molar-refractivity contribution in [2.75, 3.05) is 0 Å². The van der Waals surface area contributed by atoms with Crippen molar-refractivity contribution in [2.45, 2.75) is 5.60 Å². The Hall–Kier alpha value is -2.24. The Balaban J connectivity index is 2.25. The zero-order valence-corrected chi connectivity index (χ0v) is 11.3. The molecule has 1 amide bonds. The number of hydrogen-bond acceptors (Lipinski definition) is 4. The van der Waals surface area contributed by atoms with Crippen molar-refractivity contribution in [1.29, 1.82) is 0 Å². The van der Waals surface area contributed by atoms with Crippen LogP contribution in [0.4, 0.5) is 0 Å². The lowest BCUT2D eigenvalue weighted by atomic mass is 9.86. The lowest BCUT2D eigenvalue weighted by molar-refractivity contribution is -0.134. The minimum atomic E-state index is -1.30. The van der Waals surface area contributed by atoms with Crippen LogP contribution in [0.2, 0.25) is 0 Å². The van der Waals surface area contributed by atoms with Crippen LogP contribution in [0.5, 0.6) is 0 Å². The monoisotopic (exact) mass is 284 g/mol. The van der Waals surface area contributed by atoms with Gasteiger partial charge in [0, 0.05) is 11.1 Å². The molecule has 2 aromatic rings. The molecule has 0 bridgehead atoms. The summed E-state index contributed by atoms with van der Waals surface area (Å²) in [5.41, 5.74) is 0.104.